The summed E-state index contributed by atoms with van der Waals surface area (Å²) in [6.07, 6.45) is 0.221. The maximum absolute atomic E-state index is 12.7. The summed E-state index contributed by atoms with van der Waals surface area (Å²) in [6, 6.07) is 13.9. The Kier molecular flexibility index (Phi) is 7.11. The number of methoxy groups -OCH3 is 1. The van der Waals surface area contributed by atoms with Crippen molar-refractivity contribution in [3.63, 3.8) is 0 Å². The number of aryl methyl sites for hydroxylation is 1. The number of carbonyl (C=O) groups is 1. The average Bonchev–Trinajstić information content (AvgIpc) is 2.65. The third-order valence-electron chi connectivity index (χ3n) is 4.95. The molecule has 4 heteroatoms. The van der Waals surface area contributed by atoms with E-state index < -0.39 is 6.10 Å². The predicted octanol–water partition coefficient (Wildman–Crippen LogP) is 5.34. The van der Waals surface area contributed by atoms with Crippen LogP contribution in [0.3, 0.4) is 0 Å². The third kappa shape index (κ3) is 5.51. The molecule has 0 aliphatic heterocycles. The molecule has 2 aromatic rings. The van der Waals surface area contributed by atoms with Crippen LogP contribution < -0.4 is 14.8 Å². The molecule has 0 aromatic heterocycles. The van der Waals surface area contributed by atoms with Crippen LogP contribution in [0, 0.1) is 6.92 Å². The predicted molar refractivity (Wildman–Crippen MR) is 114 cm³/mol. The van der Waals surface area contributed by atoms with Gasteiger partial charge in [-0.25, -0.2) is 0 Å². The third-order valence-corrected chi connectivity index (χ3v) is 4.95. The molecule has 1 N–H and O–H groups in total. The first-order valence-electron chi connectivity index (χ1n) is 9.87. The Hall–Kier alpha value is -2.49. The molecular formula is C24H33NO3. The van der Waals surface area contributed by atoms with E-state index in [0.29, 0.717) is 5.75 Å². The molecule has 0 aliphatic rings. The van der Waals surface area contributed by atoms with Gasteiger partial charge in [0, 0.05) is 0 Å². The molecule has 0 unspecified atom stereocenters. The molecule has 0 heterocycles. The lowest BCUT2D eigenvalue weighted by atomic mass is 9.87. The lowest BCUT2D eigenvalue weighted by Gasteiger charge is -2.22. The normalized spacial score (nSPS) is 13.5. The molecule has 0 fully saturated rings. The van der Waals surface area contributed by atoms with E-state index in [0.717, 1.165) is 23.3 Å². The Morgan fingerprint density at radius 1 is 1.11 bits per heavy atom. The highest BCUT2D eigenvalue weighted by Crippen LogP contribution is 2.26. The van der Waals surface area contributed by atoms with Crippen molar-refractivity contribution in [2.24, 2.45) is 0 Å². The Morgan fingerprint density at radius 3 is 2.25 bits per heavy atom. The maximum atomic E-state index is 12.7. The second kappa shape index (κ2) is 9.13. The van der Waals surface area contributed by atoms with E-state index in [-0.39, 0.29) is 17.4 Å². The number of ether oxygens (including phenoxy) is 2. The fourth-order valence-corrected chi connectivity index (χ4v) is 3.12. The minimum Gasteiger partial charge on any atom is -0.496 e. The van der Waals surface area contributed by atoms with Crippen LogP contribution in [0.1, 0.15) is 63.8 Å². The van der Waals surface area contributed by atoms with Crippen molar-refractivity contribution in [1.29, 1.82) is 0 Å². The fourth-order valence-electron chi connectivity index (χ4n) is 3.12. The smallest absolute Gasteiger partial charge is 0.261 e. The largest absolute Gasteiger partial charge is 0.496 e. The molecule has 1 amide bonds. The lowest BCUT2D eigenvalue weighted by Crippen LogP contribution is -2.38. The maximum Gasteiger partial charge on any atom is 0.261 e. The van der Waals surface area contributed by atoms with Gasteiger partial charge in [-0.15, -0.1) is 0 Å². The molecule has 0 aliphatic carbocycles. The van der Waals surface area contributed by atoms with Gasteiger partial charge in [0.2, 0.25) is 0 Å². The average molecular weight is 384 g/mol. The number of nitrogens with one attached hydrogen (secondary N) is 1. The van der Waals surface area contributed by atoms with Crippen molar-refractivity contribution < 1.29 is 14.3 Å². The van der Waals surface area contributed by atoms with E-state index in [2.05, 4.69) is 51.2 Å². The van der Waals surface area contributed by atoms with Gasteiger partial charge in [0.25, 0.3) is 5.91 Å². The first-order valence-corrected chi connectivity index (χ1v) is 9.87. The van der Waals surface area contributed by atoms with Crippen LogP contribution in [0.15, 0.2) is 42.5 Å². The van der Waals surface area contributed by atoms with E-state index in [1.165, 1.54) is 5.56 Å². The van der Waals surface area contributed by atoms with Gasteiger partial charge in [-0.1, -0.05) is 52.0 Å². The second-order valence-corrected chi connectivity index (χ2v) is 8.23. The topological polar surface area (TPSA) is 47.6 Å². The van der Waals surface area contributed by atoms with Crippen molar-refractivity contribution >= 4 is 5.91 Å². The van der Waals surface area contributed by atoms with Crippen LogP contribution in [0.25, 0.3) is 0 Å². The van der Waals surface area contributed by atoms with Gasteiger partial charge in [0.15, 0.2) is 6.10 Å². The quantitative estimate of drug-likeness (QED) is 0.702. The highest BCUT2D eigenvalue weighted by molar-refractivity contribution is 5.81. The number of carbonyl (C=O) groups excluding carboxylic acids is 1. The summed E-state index contributed by atoms with van der Waals surface area (Å²) in [5, 5.41) is 3.10. The van der Waals surface area contributed by atoms with Crippen molar-refractivity contribution in [2.75, 3.05) is 7.11 Å². The summed E-state index contributed by atoms with van der Waals surface area (Å²) in [6.45, 7) is 12.4. The van der Waals surface area contributed by atoms with Gasteiger partial charge in [-0.05, 0) is 60.6 Å². The first kappa shape index (κ1) is 21.8. The van der Waals surface area contributed by atoms with E-state index in [1.54, 1.807) is 14.0 Å². The van der Waals surface area contributed by atoms with Crippen LogP contribution in [-0.2, 0) is 10.2 Å². The molecule has 28 heavy (non-hydrogen) atoms. The summed E-state index contributed by atoms with van der Waals surface area (Å²) >= 11 is 0. The van der Waals surface area contributed by atoms with Crippen molar-refractivity contribution in [1.82, 2.24) is 5.32 Å². The molecule has 4 nitrogen and oxygen atoms in total. The summed E-state index contributed by atoms with van der Waals surface area (Å²) < 4.78 is 11.2. The number of amides is 1. The summed E-state index contributed by atoms with van der Waals surface area (Å²) in [5.41, 5.74) is 3.44. The summed E-state index contributed by atoms with van der Waals surface area (Å²) in [4.78, 5) is 12.7. The zero-order chi connectivity index (χ0) is 20.9. The molecule has 0 saturated heterocycles. The minimum absolute atomic E-state index is 0.0635. The Labute approximate surface area is 169 Å². The number of benzene rings is 2. The standard InChI is InChI=1S/C24H33NO3/c1-8-21(18-9-14-22(27-7)16(2)15-18)25-23(26)17(3)28-20-12-10-19(11-13-20)24(4,5)6/h9-15,17,21H,8H2,1-7H3,(H,25,26)/t17-,21-/m1/s1. The number of hydrogen-bond donors (Lipinski definition) is 1. The van der Waals surface area contributed by atoms with Crippen LogP contribution in [0.5, 0.6) is 11.5 Å². The SMILES string of the molecule is CC[C@@H](NC(=O)[C@@H](C)Oc1ccc(C(C)(C)C)cc1)c1ccc(OC)c(C)c1. The zero-order valence-corrected chi connectivity index (χ0v) is 18.1. The highest BCUT2D eigenvalue weighted by atomic mass is 16.5. The molecule has 2 rings (SSSR count). The Balaban J connectivity index is 2.02. The fraction of sp³-hybridized carbons (Fsp3) is 0.458. The highest BCUT2D eigenvalue weighted by Gasteiger charge is 2.20. The van der Waals surface area contributed by atoms with Crippen LogP contribution in [-0.4, -0.2) is 19.1 Å². The number of hydrogen-bond acceptors (Lipinski definition) is 3. The van der Waals surface area contributed by atoms with Gasteiger partial charge in [-0.3, -0.25) is 4.79 Å². The van der Waals surface area contributed by atoms with Gasteiger partial charge < -0.3 is 14.8 Å². The second-order valence-electron chi connectivity index (χ2n) is 8.23. The van der Waals surface area contributed by atoms with Crippen LogP contribution in [0.2, 0.25) is 0 Å². The molecule has 0 bridgehead atoms. The van der Waals surface area contributed by atoms with E-state index in [1.807, 2.05) is 31.2 Å². The Bertz CT molecular complexity index is 790. The monoisotopic (exact) mass is 383 g/mol. The molecule has 152 valence electrons. The first-order chi connectivity index (χ1) is 13.2. The van der Waals surface area contributed by atoms with Gasteiger partial charge in [0.1, 0.15) is 11.5 Å². The molecule has 0 radical (unpaired) electrons. The number of rotatable bonds is 7. The van der Waals surface area contributed by atoms with Crippen molar-refractivity contribution in [2.45, 2.75) is 65.5 Å². The van der Waals surface area contributed by atoms with Gasteiger partial charge in [-0.2, -0.15) is 0 Å². The van der Waals surface area contributed by atoms with Crippen molar-refractivity contribution in [3.8, 4) is 11.5 Å². The minimum atomic E-state index is -0.575. The van der Waals surface area contributed by atoms with E-state index >= 15 is 0 Å². The summed E-state index contributed by atoms with van der Waals surface area (Å²) in [5.74, 6) is 1.42. The zero-order valence-electron chi connectivity index (χ0n) is 18.1. The molecular weight excluding hydrogens is 350 g/mol. The summed E-state index contributed by atoms with van der Waals surface area (Å²) in [7, 11) is 1.66. The van der Waals surface area contributed by atoms with Gasteiger partial charge >= 0.3 is 0 Å². The van der Waals surface area contributed by atoms with Crippen LogP contribution in [0.4, 0.5) is 0 Å². The van der Waals surface area contributed by atoms with E-state index in [4.69, 9.17) is 9.47 Å². The lowest BCUT2D eigenvalue weighted by molar-refractivity contribution is -0.128. The molecule has 2 aromatic carbocycles. The van der Waals surface area contributed by atoms with Gasteiger partial charge in [0.05, 0.1) is 13.2 Å². The van der Waals surface area contributed by atoms with E-state index in [9.17, 15) is 4.79 Å². The van der Waals surface area contributed by atoms with Crippen molar-refractivity contribution in [3.05, 3.63) is 59.2 Å². The molecule has 0 spiro atoms. The molecule has 2 atom stereocenters. The Morgan fingerprint density at radius 2 is 1.75 bits per heavy atom. The van der Waals surface area contributed by atoms with Crippen LogP contribution >= 0.6 is 0 Å². The molecule has 0 saturated carbocycles.